The van der Waals surface area contributed by atoms with Gasteiger partial charge in [-0.15, -0.1) is 0 Å². The summed E-state index contributed by atoms with van der Waals surface area (Å²) in [6.07, 6.45) is 0.991. The predicted molar refractivity (Wildman–Crippen MR) is 104 cm³/mol. The van der Waals surface area contributed by atoms with Gasteiger partial charge in [0.05, 0.1) is 0 Å². The molecule has 1 rings (SSSR count). The minimum Gasteiger partial charge on any atom is -0.451 e. The Morgan fingerprint density at radius 1 is 1.19 bits per heavy atom. The molecule has 0 saturated carbocycles. The molecular formula is C17H22ClN3O5S. The summed E-state index contributed by atoms with van der Waals surface area (Å²) in [6, 6.07) is 4.56. The van der Waals surface area contributed by atoms with Crippen LogP contribution in [0.15, 0.2) is 24.3 Å². The summed E-state index contributed by atoms with van der Waals surface area (Å²) in [5.41, 5.74) is 0.340. The van der Waals surface area contributed by atoms with Crippen molar-refractivity contribution >= 4 is 47.2 Å². The van der Waals surface area contributed by atoms with Gasteiger partial charge < -0.3 is 15.4 Å². The average Bonchev–Trinajstić information content (AvgIpc) is 2.64. The van der Waals surface area contributed by atoms with Gasteiger partial charge in [-0.2, -0.15) is 11.8 Å². The number of halogens is 1. The van der Waals surface area contributed by atoms with Crippen LogP contribution in [0.25, 0.3) is 0 Å². The van der Waals surface area contributed by atoms with Crippen LogP contribution in [0.2, 0.25) is 5.02 Å². The van der Waals surface area contributed by atoms with E-state index < -0.39 is 36.0 Å². The first-order valence-corrected chi connectivity index (χ1v) is 9.84. The maximum atomic E-state index is 12.4. The van der Waals surface area contributed by atoms with Crippen molar-refractivity contribution in [1.29, 1.82) is 0 Å². The molecule has 0 aliphatic rings. The van der Waals surface area contributed by atoms with Crippen LogP contribution in [0, 0.1) is 0 Å². The quantitative estimate of drug-likeness (QED) is 0.555. The Labute approximate surface area is 166 Å². The molecule has 1 aromatic carbocycles. The molecule has 0 aromatic heterocycles. The first-order valence-electron chi connectivity index (χ1n) is 8.07. The molecule has 3 N–H and O–H groups in total. The Hall–Kier alpha value is -2.26. The summed E-state index contributed by atoms with van der Waals surface area (Å²) in [5, 5.41) is 7.33. The van der Waals surface area contributed by atoms with Crippen LogP contribution in [0.1, 0.15) is 23.7 Å². The number of nitrogens with one attached hydrogen (secondary N) is 3. The molecule has 0 spiro atoms. The third-order valence-corrected chi connectivity index (χ3v) is 4.33. The fourth-order valence-corrected chi connectivity index (χ4v) is 2.51. The zero-order valence-corrected chi connectivity index (χ0v) is 16.8. The van der Waals surface area contributed by atoms with Crippen LogP contribution in [0.3, 0.4) is 0 Å². The van der Waals surface area contributed by atoms with Gasteiger partial charge in [0, 0.05) is 17.6 Å². The number of thioether (sulfide) groups is 1. The largest absolute Gasteiger partial charge is 0.451 e. The molecule has 0 aliphatic carbocycles. The first kappa shape index (κ1) is 22.8. The Balaban J connectivity index is 2.75. The van der Waals surface area contributed by atoms with Crippen LogP contribution >= 0.6 is 23.4 Å². The topological polar surface area (TPSA) is 114 Å². The number of benzene rings is 1. The molecule has 0 unspecified atom stereocenters. The zero-order chi connectivity index (χ0) is 20.4. The summed E-state index contributed by atoms with van der Waals surface area (Å²) in [4.78, 5) is 47.7. The van der Waals surface area contributed by atoms with Gasteiger partial charge >= 0.3 is 12.0 Å². The van der Waals surface area contributed by atoms with E-state index in [1.165, 1.54) is 37.9 Å². The Morgan fingerprint density at radius 3 is 2.37 bits per heavy atom. The summed E-state index contributed by atoms with van der Waals surface area (Å²) < 4.78 is 5.10. The van der Waals surface area contributed by atoms with Crippen molar-refractivity contribution < 1.29 is 23.9 Å². The van der Waals surface area contributed by atoms with Crippen LogP contribution < -0.4 is 16.0 Å². The van der Waals surface area contributed by atoms with Gasteiger partial charge in [0.2, 0.25) is 0 Å². The summed E-state index contributed by atoms with van der Waals surface area (Å²) in [5.74, 6) is -1.39. The van der Waals surface area contributed by atoms with E-state index >= 15 is 0 Å². The second-order valence-electron chi connectivity index (χ2n) is 5.46. The van der Waals surface area contributed by atoms with Crippen molar-refractivity contribution in [3.63, 3.8) is 0 Å². The maximum absolute atomic E-state index is 12.4. The molecule has 0 bridgehead atoms. The average molecular weight is 416 g/mol. The molecule has 0 aliphatic heterocycles. The lowest BCUT2D eigenvalue weighted by Gasteiger charge is -2.20. The summed E-state index contributed by atoms with van der Waals surface area (Å²) >= 11 is 7.30. The van der Waals surface area contributed by atoms with Crippen molar-refractivity contribution in [1.82, 2.24) is 16.0 Å². The summed E-state index contributed by atoms with van der Waals surface area (Å²) in [7, 11) is 1.35. The lowest BCUT2D eigenvalue weighted by Crippen LogP contribution is -2.47. The van der Waals surface area contributed by atoms with Gasteiger partial charge in [-0.25, -0.2) is 9.59 Å². The molecule has 27 heavy (non-hydrogen) atoms. The first-order chi connectivity index (χ1) is 12.8. The van der Waals surface area contributed by atoms with Crippen LogP contribution in [0.5, 0.6) is 0 Å². The molecule has 8 nitrogen and oxygen atoms in total. The van der Waals surface area contributed by atoms with Crippen LogP contribution in [0.4, 0.5) is 4.79 Å². The second-order valence-corrected chi connectivity index (χ2v) is 6.88. The van der Waals surface area contributed by atoms with Gasteiger partial charge in [-0.1, -0.05) is 11.6 Å². The number of amides is 4. The summed E-state index contributed by atoms with van der Waals surface area (Å²) in [6.45, 7) is 1.34. The lowest BCUT2D eigenvalue weighted by molar-refractivity contribution is -0.156. The Morgan fingerprint density at radius 2 is 1.81 bits per heavy atom. The molecule has 1 aromatic rings. The van der Waals surface area contributed by atoms with Crippen LogP contribution in [-0.2, 0) is 14.3 Å². The Bertz CT molecular complexity index is 684. The van der Waals surface area contributed by atoms with E-state index in [0.29, 0.717) is 22.8 Å². The molecule has 0 radical (unpaired) electrons. The minimum atomic E-state index is -1.20. The molecule has 4 amide bonds. The predicted octanol–water partition coefficient (Wildman–Crippen LogP) is 1.58. The van der Waals surface area contributed by atoms with Crippen LogP contribution in [-0.4, -0.2) is 55.0 Å². The monoisotopic (exact) mass is 415 g/mol. The van der Waals surface area contributed by atoms with E-state index in [2.05, 4.69) is 10.6 Å². The fourth-order valence-electron chi connectivity index (χ4n) is 1.91. The number of rotatable bonds is 8. The lowest BCUT2D eigenvalue weighted by atomic mass is 10.1. The third kappa shape index (κ3) is 7.88. The number of esters is 1. The Kier molecular flexibility index (Phi) is 9.66. The minimum absolute atomic E-state index is 0.323. The molecule has 0 fully saturated rings. The van der Waals surface area contributed by atoms with E-state index in [9.17, 15) is 19.2 Å². The van der Waals surface area contributed by atoms with Crippen molar-refractivity contribution in [2.45, 2.75) is 25.5 Å². The van der Waals surface area contributed by atoms with Crippen molar-refractivity contribution in [3.05, 3.63) is 34.9 Å². The normalized spacial score (nSPS) is 12.4. The number of hydrogen-bond acceptors (Lipinski definition) is 6. The standard InChI is InChI=1S/C17H22ClN3O5S/c1-10(14(22)21-17(25)19-2)26-16(24)13(8-9-27-3)20-15(23)11-4-6-12(18)7-5-11/h4-7,10,13H,8-9H2,1-3H3,(H,20,23)(H2,19,21,22,25)/t10-,13-/m1/s1. The van der Waals surface area contributed by atoms with E-state index in [0.717, 1.165) is 0 Å². The van der Waals surface area contributed by atoms with Gasteiger partial charge in [-0.05, 0) is 49.6 Å². The van der Waals surface area contributed by atoms with E-state index in [1.807, 2.05) is 11.6 Å². The van der Waals surface area contributed by atoms with E-state index in [-0.39, 0.29) is 0 Å². The van der Waals surface area contributed by atoms with Gasteiger partial charge in [0.15, 0.2) is 6.10 Å². The third-order valence-electron chi connectivity index (χ3n) is 3.43. The maximum Gasteiger partial charge on any atom is 0.329 e. The van der Waals surface area contributed by atoms with E-state index in [4.69, 9.17) is 16.3 Å². The van der Waals surface area contributed by atoms with Gasteiger partial charge in [0.1, 0.15) is 6.04 Å². The SMILES string of the molecule is CNC(=O)NC(=O)[C@@H](C)OC(=O)[C@@H](CCSC)NC(=O)c1ccc(Cl)cc1. The molecule has 0 saturated heterocycles. The highest BCUT2D eigenvalue weighted by molar-refractivity contribution is 7.98. The van der Waals surface area contributed by atoms with E-state index in [1.54, 1.807) is 12.1 Å². The highest BCUT2D eigenvalue weighted by atomic mass is 35.5. The molecule has 10 heteroatoms. The highest BCUT2D eigenvalue weighted by Gasteiger charge is 2.27. The van der Waals surface area contributed by atoms with Gasteiger partial charge in [-0.3, -0.25) is 14.9 Å². The number of ether oxygens (including phenoxy) is 1. The molecule has 0 heterocycles. The van der Waals surface area contributed by atoms with Crippen molar-refractivity contribution in [3.8, 4) is 0 Å². The van der Waals surface area contributed by atoms with Crippen molar-refractivity contribution in [2.24, 2.45) is 0 Å². The second kappa shape index (κ2) is 11.5. The zero-order valence-electron chi connectivity index (χ0n) is 15.2. The molecule has 148 valence electrons. The smallest absolute Gasteiger partial charge is 0.329 e. The van der Waals surface area contributed by atoms with Gasteiger partial charge in [0.25, 0.3) is 11.8 Å². The number of carbonyl (C=O) groups excluding carboxylic acids is 4. The molecule has 2 atom stereocenters. The number of carbonyl (C=O) groups is 4. The van der Waals surface area contributed by atoms with Crippen molar-refractivity contribution in [2.75, 3.05) is 19.1 Å². The number of urea groups is 1. The number of imide groups is 1. The fraction of sp³-hybridized carbons (Fsp3) is 0.412. The number of hydrogen-bond donors (Lipinski definition) is 3. The highest BCUT2D eigenvalue weighted by Crippen LogP contribution is 2.11. The molecular weight excluding hydrogens is 394 g/mol.